The van der Waals surface area contributed by atoms with Crippen molar-refractivity contribution in [2.45, 2.75) is 17.4 Å². The lowest BCUT2D eigenvalue weighted by Crippen LogP contribution is -2.53. The summed E-state index contributed by atoms with van der Waals surface area (Å²) in [7, 11) is -4.07. The van der Waals surface area contributed by atoms with Gasteiger partial charge in [-0.15, -0.1) is 0 Å². The van der Waals surface area contributed by atoms with E-state index in [1.807, 2.05) is 24.3 Å². The van der Waals surface area contributed by atoms with Crippen molar-refractivity contribution in [2.75, 3.05) is 0 Å². The van der Waals surface area contributed by atoms with Crippen LogP contribution in [0.15, 0.2) is 82.4 Å². The van der Waals surface area contributed by atoms with Gasteiger partial charge in [0.15, 0.2) is 5.76 Å². The molecule has 170 valence electrons. The van der Waals surface area contributed by atoms with E-state index in [0.29, 0.717) is 5.02 Å². The summed E-state index contributed by atoms with van der Waals surface area (Å²) in [6.07, 6.45) is 3.05. The second-order valence-electron chi connectivity index (χ2n) is 7.11. The molecule has 11 heteroatoms. The first-order valence-electron chi connectivity index (χ1n) is 9.80. The quantitative estimate of drug-likeness (QED) is 0.298. The van der Waals surface area contributed by atoms with E-state index in [2.05, 4.69) is 20.6 Å². The van der Waals surface area contributed by atoms with Gasteiger partial charge in [0.1, 0.15) is 6.04 Å². The van der Waals surface area contributed by atoms with Crippen molar-refractivity contribution >= 4 is 44.3 Å². The molecule has 33 heavy (non-hydrogen) atoms. The van der Waals surface area contributed by atoms with Crippen LogP contribution in [0, 0.1) is 0 Å². The molecule has 4 aromatic rings. The van der Waals surface area contributed by atoms with Gasteiger partial charge in [0, 0.05) is 22.1 Å². The summed E-state index contributed by atoms with van der Waals surface area (Å²) >= 11 is 5.85. The largest absolute Gasteiger partial charge is 0.459 e. The minimum atomic E-state index is -4.07. The molecule has 4 N–H and O–H groups in total. The summed E-state index contributed by atoms with van der Waals surface area (Å²) in [5, 5.41) is 1.23. The van der Waals surface area contributed by atoms with Crippen molar-refractivity contribution in [3.05, 3.63) is 89.5 Å². The molecular weight excluding hydrogens is 468 g/mol. The van der Waals surface area contributed by atoms with Crippen LogP contribution in [-0.2, 0) is 21.2 Å². The lowest BCUT2D eigenvalue weighted by molar-refractivity contribution is -0.123. The maximum atomic E-state index is 12.9. The smallest absolute Gasteiger partial charge is 0.305 e. The number of halogens is 1. The maximum Gasteiger partial charge on any atom is 0.305 e. The van der Waals surface area contributed by atoms with Gasteiger partial charge < -0.3 is 9.40 Å². The number of benzene rings is 2. The Morgan fingerprint density at radius 1 is 1.00 bits per heavy atom. The number of hydrogen-bond donors (Lipinski definition) is 4. The van der Waals surface area contributed by atoms with Gasteiger partial charge in [0.25, 0.3) is 5.91 Å². The van der Waals surface area contributed by atoms with Crippen LogP contribution >= 0.6 is 11.6 Å². The number of carbonyl (C=O) groups excluding carboxylic acids is 2. The summed E-state index contributed by atoms with van der Waals surface area (Å²) in [6, 6.07) is 14.7. The van der Waals surface area contributed by atoms with E-state index in [9.17, 15) is 18.0 Å². The summed E-state index contributed by atoms with van der Waals surface area (Å²) < 4.78 is 33.3. The maximum absolute atomic E-state index is 12.9. The highest BCUT2D eigenvalue weighted by atomic mass is 35.5. The number of hydrogen-bond acceptors (Lipinski definition) is 5. The van der Waals surface area contributed by atoms with E-state index in [1.54, 1.807) is 6.20 Å². The van der Waals surface area contributed by atoms with Gasteiger partial charge in [-0.3, -0.25) is 20.4 Å². The van der Waals surface area contributed by atoms with Gasteiger partial charge in [-0.2, -0.15) is 4.72 Å². The van der Waals surface area contributed by atoms with Crippen molar-refractivity contribution in [2.24, 2.45) is 0 Å². The molecule has 9 nitrogen and oxygen atoms in total. The lowest BCUT2D eigenvalue weighted by atomic mass is 10.1. The SMILES string of the molecule is O=C(NNC(=O)[C@@H](Cc1c[nH]c2ccccc12)NS(=O)(=O)c1ccc(Cl)cc1)c1ccco1. The van der Waals surface area contributed by atoms with Crippen LogP contribution in [0.4, 0.5) is 0 Å². The summed E-state index contributed by atoms with van der Waals surface area (Å²) in [5.41, 5.74) is 6.05. The number of rotatable bonds is 7. The van der Waals surface area contributed by atoms with Crippen molar-refractivity contribution in [1.29, 1.82) is 0 Å². The van der Waals surface area contributed by atoms with Crippen LogP contribution in [0.1, 0.15) is 16.1 Å². The molecule has 2 aromatic heterocycles. The number of hydrazine groups is 1. The zero-order valence-corrected chi connectivity index (χ0v) is 18.6. The lowest BCUT2D eigenvalue weighted by Gasteiger charge is -2.18. The molecule has 0 bridgehead atoms. The normalized spacial score (nSPS) is 12.4. The van der Waals surface area contributed by atoms with E-state index < -0.39 is 27.9 Å². The van der Waals surface area contributed by atoms with Crippen LogP contribution in [0.3, 0.4) is 0 Å². The third kappa shape index (κ3) is 5.25. The number of furan rings is 1. The fourth-order valence-corrected chi connectivity index (χ4v) is 4.57. The second-order valence-corrected chi connectivity index (χ2v) is 9.26. The Labute approximate surface area is 194 Å². The van der Waals surface area contributed by atoms with Gasteiger partial charge >= 0.3 is 5.91 Å². The number of H-pyrrole nitrogens is 1. The number of sulfonamides is 1. The molecule has 0 radical (unpaired) electrons. The standard InChI is InChI=1S/C22H19ClN4O5S/c23-15-7-9-16(10-8-15)33(30,31)27-19(12-14-13-24-18-5-2-1-4-17(14)18)21(28)25-26-22(29)20-6-3-11-32-20/h1-11,13,19,24,27H,12H2,(H,25,28)(H,26,29)/t19-/m1/s1. The zero-order valence-electron chi connectivity index (χ0n) is 17.0. The first-order valence-corrected chi connectivity index (χ1v) is 11.7. The highest BCUT2D eigenvalue weighted by Gasteiger charge is 2.27. The first kappa shape index (κ1) is 22.6. The predicted molar refractivity (Wildman–Crippen MR) is 122 cm³/mol. The Kier molecular flexibility index (Phi) is 6.50. The van der Waals surface area contributed by atoms with Gasteiger partial charge in [0.05, 0.1) is 11.2 Å². The number of para-hydroxylation sites is 1. The predicted octanol–water partition coefficient (Wildman–Crippen LogP) is 2.77. The molecule has 2 aromatic carbocycles. The Morgan fingerprint density at radius 2 is 1.76 bits per heavy atom. The molecule has 0 unspecified atom stereocenters. The topological polar surface area (TPSA) is 133 Å². The first-order chi connectivity index (χ1) is 15.8. The van der Waals surface area contributed by atoms with Crippen LogP contribution in [0.25, 0.3) is 10.9 Å². The van der Waals surface area contributed by atoms with Gasteiger partial charge in [-0.25, -0.2) is 8.42 Å². The van der Waals surface area contributed by atoms with Gasteiger partial charge in [0.2, 0.25) is 10.0 Å². The highest BCUT2D eigenvalue weighted by Crippen LogP contribution is 2.20. The minimum Gasteiger partial charge on any atom is -0.459 e. The summed E-state index contributed by atoms with van der Waals surface area (Å²) in [4.78, 5) is 28.1. The molecule has 0 saturated carbocycles. The molecule has 2 heterocycles. The van der Waals surface area contributed by atoms with Crippen molar-refractivity contribution in [1.82, 2.24) is 20.6 Å². The third-order valence-corrected chi connectivity index (χ3v) is 6.62. The molecule has 0 aliphatic rings. The summed E-state index contributed by atoms with van der Waals surface area (Å²) in [6.45, 7) is 0. The van der Waals surface area contributed by atoms with E-state index in [0.717, 1.165) is 16.5 Å². The van der Waals surface area contributed by atoms with Gasteiger partial charge in [-0.1, -0.05) is 29.8 Å². The molecule has 0 saturated heterocycles. The van der Waals surface area contributed by atoms with Crippen molar-refractivity contribution in [3.8, 4) is 0 Å². The Hall–Kier alpha value is -3.60. The van der Waals surface area contributed by atoms with E-state index in [1.165, 1.54) is 42.7 Å². The molecule has 0 spiro atoms. The van der Waals surface area contributed by atoms with Crippen LogP contribution in [-0.4, -0.2) is 31.3 Å². The average molecular weight is 487 g/mol. The molecule has 1 atom stereocenters. The minimum absolute atomic E-state index is 0.00905. The molecule has 4 rings (SSSR count). The summed E-state index contributed by atoms with van der Waals surface area (Å²) in [5.74, 6) is -1.44. The molecule has 0 aliphatic heterocycles. The van der Waals surface area contributed by atoms with Crippen LogP contribution in [0.5, 0.6) is 0 Å². The van der Waals surface area contributed by atoms with Crippen LogP contribution < -0.4 is 15.6 Å². The number of fused-ring (bicyclic) bond motifs is 1. The Bertz CT molecular complexity index is 1380. The Morgan fingerprint density at radius 3 is 2.48 bits per heavy atom. The average Bonchev–Trinajstić information content (AvgIpc) is 3.48. The number of aromatic nitrogens is 1. The second kappa shape index (κ2) is 9.49. The zero-order chi connectivity index (χ0) is 23.4. The van der Waals surface area contributed by atoms with E-state index in [4.69, 9.17) is 16.0 Å². The monoisotopic (exact) mass is 486 g/mol. The van der Waals surface area contributed by atoms with Crippen molar-refractivity contribution < 1.29 is 22.4 Å². The Balaban J connectivity index is 1.57. The van der Waals surface area contributed by atoms with Crippen molar-refractivity contribution in [3.63, 3.8) is 0 Å². The number of amides is 2. The number of carbonyl (C=O) groups is 2. The highest BCUT2D eigenvalue weighted by molar-refractivity contribution is 7.89. The number of aromatic amines is 1. The third-order valence-electron chi connectivity index (χ3n) is 4.88. The van der Waals surface area contributed by atoms with E-state index >= 15 is 0 Å². The van der Waals surface area contributed by atoms with Crippen LogP contribution in [0.2, 0.25) is 5.02 Å². The fourth-order valence-electron chi connectivity index (χ4n) is 3.25. The van der Waals surface area contributed by atoms with E-state index in [-0.39, 0.29) is 17.1 Å². The molecule has 0 aliphatic carbocycles. The molecule has 2 amide bonds. The van der Waals surface area contributed by atoms with Gasteiger partial charge in [-0.05, 0) is 54.4 Å². The number of nitrogens with one attached hydrogen (secondary N) is 4. The fraction of sp³-hybridized carbons (Fsp3) is 0.0909. The molecular formula is C22H19ClN4O5S. The molecule has 0 fully saturated rings.